The first-order valence-electron chi connectivity index (χ1n) is 9.15. The van der Waals surface area contributed by atoms with E-state index in [0.717, 1.165) is 43.1 Å². The zero-order valence-electron chi connectivity index (χ0n) is 14.3. The van der Waals surface area contributed by atoms with Gasteiger partial charge in [0, 0.05) is 31.2 Å². The van der Waals surface area contributed by atoms with Crippen molar-refractivity contribution in [2.75, 3.05) is 20.2 Å². The molecule has 2 aromatic heterocycles. The van der Waals surface area contributed by atoms with Gasteiger partial charge in [-0.05, 0) is 31.7 Å². The minimum atomic E-state index is -0.0538. The summed E-state index contributed by atoms with van der Waals surface area (Å²) in [7, 11) is 1.60. The van der Waals surface area contributed by atoms with E-state index >= 15 is 0 Å². The van der Waals surface area contributed by atoms with Gasteiger partial charge in [-0.15, -0.1) is 0 Å². The lowest BCUT2D eigenvalue weighted by Crippen LogP contribution is -2.43. The summed E-state index contributed by atoms with van der Waals surface area (Å²) in [4.78, 5) is 22.5. The molecular weight excluding hydrogens is 304 g/mol. The van der Waals surface area contributed by atoms with Crippen LogP contribution in [0.2, 0.25) is 0 Å². The van der Waals surface area contributed by atoms with Gasteiger partial charge in [-0.2, -0.15) is 4.98 Å². The fourth-order valence-corrected chi connectivity index (χ4v) is 4.39. The molecule has 1 saturated heterocycles. The van der Waals surface area contributed by atoms with E-state index < -0.39 is 0 Å². The van der Waals surface area contributed by atoms with Crippen LogP contribution in [0.3, 0.4) is 0 Å². The summed E-state index contributed by atoms with van der Waals surface area (Å²) in [6.45, 7) is 2.16. The average molecular weight is 330 g/mol. The summed E-state index contributed by atoms with van der Waals surface area (Å²) < 4.78 is 7.06. The van der Waals surface area contributed by atoms with Gasteiger partial charge < -0.3 is 14.6 Å². The van der Waals surface area contributed by atoms with Gasteiger partial charge in [0.05, 0.1) is 12.6 Å². The largest absolute Gasteiger partial charge is 0.481 e. The fraction of sp³-hybridized carbons (Fsp3) is 0.667. The molecule has 1 saturated carbocycles. The number of hydrogen-bond acceptors (Lipinski definition) is 4. The number of piperidine rings is 1. The highest BCUT2D eigenvalue weighted by atomic mass is 16.5. The number of nitrogens with zero attached hydrogens (tertiary/aromatic N) is 3. The van der Waals surface area contributed by atoms with Gasteiger partial charge in [0.15, 0.2) is 5.65 Å². The minimum absolute atomic E-state index is 0.0538. The van der Waals surface area contributed by atoms with Crippen LogP contribution < -0.4 is 10.4 Å². The Balaban J connectivity index is 1.54. The number of hydrogen-bond donors (Lipinski definition) is 1. The van der Waals surface area contributed by atoms with Crippen LogP contribution in [-0.2, 0) is 0 Å². The monoisotopic (exact) mass is 330 g/mol. The highest BCUT2D eigenvalue weighted by molar-refractivity contribution is 5.71. The zero-order chi connectivity index (χ0) is 16.5. The van der Waals surface area contributed by atoms with Crippen LogP contribution in [0, 0.1) is 0 Å². The Hall–Kier alpha value is -1.82. The number of rotatable bonds is 3. The van der Waals surface area contributed by atoms with Crippen molar-refractivity contribution in [3.05, 3.63) is 22.6 Å². The molecule has 6 heteroatoms. The molecule has 1 N–H and O–H groups in total. The summed E-state index contributed by atoms with van der Waals surface area (Å²) in [5.41, 5.74) is 1.45. The predicted molar refractivity (Wildman–Crippen MR) is 93.6 cm³/mol. The zero-order valence-corrected chi connectivity index (χ0v) is 14.3. The van der Waals surface area contributed by atoms with E-state index in [4.69, 9.17) is 4.74 Å². The van der Waals surface area contributed by atoms with Gasteiger partial charge in [-0.1, -0.05) is 19.3 Å². The third-order valence-electron chi connectivity index (χ3n) is 5.70. The second-order valence-corrected chi connectivity index (χ2v) is 7.08. The second-order valence-electron chi connectivity index (χ2n) is 7.08. The number of ether oxygens (including phenoxy) is 1. The normalized spacial score (nSPS) is 21.4. The molecule has 24 heavy (non-hydrogen) atoms. The molecule has 6 nitrogen and oxygen atoms in total. The Kier molecular flexibility index (Phi) is 4.31. The van der Waals surface area contributed by atoms with E-state index in [-0.39, 0.29) is 11.7 Å². The molecule has 130 valence electrons. The van der Waals surface area contributed by atoms with Gasteiger partial charge in [0.1, 0.15) is 0 Å². The number of likely N-dealkylation sites (tertiary alicyclic amines) is 1. The third kappa shape index (κ3) is 2.83. The van der Waals surface area contributed by atoms with Gasteiger partial charge >= 0.3 is 5.69 Å². The molecule has 0 unspecified atom stereocenters. The van der Waals surface area contributed by atoms with E-state index in [9.17, 15) is 4.79 Å². The maximum absolute atomic E-state index is 12.4. The van der Waals surface area contributed by atoms with Crippen LogP contribution in [-0.4, -0.2) is 45.7 Å². The lowest BCUT2D eigenvalue weighted by Gasteiger charge is -2.39. The van der Waals surface area contributed by atoms with E-state index in [0.29, 0.717) is 5.88 Å². The van der Waals surface area contributed by atoms with Gasteiger partial charge in [-0.25, -0.2) is 4.79 Å². The second kappa shape index (κ2) is 6.59. The van der Waals surface area contributed by atoms with Crippen molar-refractivity contribution in [2.45, 2.75) is 57.0 Å². The molecular formula is C18H26N4O2. The lowest BCUT2D eigenvalue weighted by molar-refractivity contribution is 0.109. The molecule has 4 rings (SSSR count). The molecule has 0 aromatic carbocycles. The smallest absolute Gasteiger partial charge is 0.327 e. The summed E-state index contributed by atoms with van der Waals surface area (Å²) in [5.74, 6) is 0.551. The lowest BCUT2D eigenvalue weighted by atomic mass is 9.92. The molecule has 2 fully saturated rings. The van der Waals surface area contributed by atoms with Crippen molar-refractivity contribution in [1.29, 1.82) is 0 Å². The minimum Gasteiger partial charge on any atom is -0.481 e. The summed E-state index contributed by atoms with van der Waals surface area (Å²) in [5, 5.41) is 0. The molecule has 0 radical (unpaired) electrons. The van der Waals surface area contributed by atoms with Crippen molar-refractivity contribution >= 4 is 11.2 Å². The van der Waals surface area contributed by atoms with Crippen LogP contribution >= 0.6 is 0 Å². The van der Waals surface area contributed by atoms with E-state index in [1.165, 1.54) is 32.1 Å². The molecule has 1 aliphatic carbocycles. The number of pyridine rings is 1. The van der Waals surface area contributed by atoms with Crippen molar-refractivity contribution < 1.29 is 4.74 Å². The summed E-state index contributed by atoms with van der Waals surface area (Å²) >= 11 is 0. The summed E-state index contributed by atoms with van der Waals surface area (Å²) in [6.07, 6.45) is 8.86. The molecule has 3 heterocycles. The number of nitrogens with one attached hydrogen (secondary N) is 1. The van der Waals surface area contributed by atoms with E-state index in [1.807, 2.05) is 10.6 Å². The van der Waals surface area contributed by atoms with Crippen LogP contribution in [0.5, 0.6) is 5.88 Å². The maximum Gasteiger partial charge on any atom is 0.327 e. The van der Waals surface area contributed by atoms with Crippen molar-refractivity contribution in [1.82, 2.24) is 19.4 Å². The quantitative estimate of drug-likeness (QED) is 0.940. The number of imidazole rings is 1. The van der Waals surface area contributed by atoms with Crippen molar-refractivity contribution in [3.8, 4) is 5.88 Å². The Morgan fingerprint density at radius 1 is 1.08 bits per heavy atom. The fourth-order valence-electron chi connectivity index (χ4n) is 4.39. The Morgan fingerprint density at radius 3 is 2.54 bits per heavy atom. The Labute approximate surface area is 141 Å². The van der Waals surface area contributed by atoms with Crippen LogP contribution in [0.4, 0.5) is 0 Å². The molecule has 0 amide bonds. The number of aromatic nitrogens is 3. The van der Waals surface area contributed by atoms with Crippen molar-refractivity contribution in [2.24, 2.45) is 0 Å². The first-order chi connectivity index (χ1) is 11.8. The summed E-state index contributed by atoms with van der Waals surface area (Å²) in [6, 6.07) is 4.65. The molecule has 0 atom stereocenters. The number of aromatic amines is 1. The van der Waals surface area contributed by atoms with Gasteiger partial charge in [0.25, 0.3) is 0 Å². The topological polar surface area (TPSA) is 63.2 Å². The molecule has 0 spiro atoms. The molecule has 0 bridgehead atoms. The Morgan fingerprint density at radius 2 is 1.83 bits per heavy atom. The highest BCUT2D eigenvalue weighted by Gasteiger charge is 2.28. The standard InChI is InChI=1S/C18H26N4O2/c1-24-16-8-7-15-17(20-16)22(18(23)19-15)14-9-11-21(12-10-14)13-5-3-2-4-6-13/h7-8,13-14H,2-6,9-12H2,1H3,(H,19,23). The molecule has 1 aliphatic heterocycles. The SMILES string of the molecule is COc1ccc2[nH]c(=O)n(C3CCN(C4CCCCC4)CC3)c2n1. The average Bonchev–Trinajstić information content (AvgIpc) is 2.97. The third-order valence-corrected chi connectivity index (χ3v) is 5.70. The van der Waals surface area contributed by atoms with Gasteiger partial charge in [-0.3, -0.25) is 4.57 Å². The predicted octanol–water partition coefficient (Wildman–Crippen LogP) is 2.70. The molecule has 2 aliphatic rings. The Bertz CT molecular complexity index is 752. The van der Waals surface area contributed by atoms with Crippen LogP contribution in [0.25, 0.3) is 11.2 Å². The highest BCUT2D eigenvalue weighted by Crippen LogP contribution is 2.30. The van der Waals surface area contributed by atoms with Crippen molar-refractivity contribution in [3.63, 3.8) is 0 Å². The number of H-pyrrole nitrogens is 1. The van der Waals surface area contributed by atoms with E-state index in [2.05, 4.69) is 14.9 Å². The van der Waals surface area contributed by atoms with E-state index in [1.54, 1.807) is 13.2 Å². The van der Waals surface area contributed by atoms with Crippen LogP contribution in [0.1, 0.15) is 51.0 Å². The maximum atomic E-state index is 12.4. The first-order valence-corrected chi connectivity index (χ1v) is 9.15. The molecule has 2 aromatic rings. The van der Waals surface area contributed by atoms with Crippen LogP contribution in [0.15, 0.2) is 16.9 Å². The number of methoxy groups -OCH3 is 1. The first kappa shape index (κ1) is 15.7. The number of fused-ring (bicyclic) bond motifs is 1. The van der Waals surface area contributed by atoms with Gasteiger partial charge in [0.2, 0.25) is 5.88 Å².